The van der Waals surface area contributed by atoms with E-state index in [4.69, 9.17) is 26.2 Å². The van der Waals surface area contributed by atoms with Crippen molar-refractivity contribution >= 4 is 29.2 Å². The van der Waals surface area contributed by atoms with Crippen LogP contribution in [0.5, 0.6) is 11.5 Å². The van der Waals surface area contributed by atoms with Crippen LogP contribution in [-0.4, -0.2) is 18.2 Å². The van der Waals surface area contributed by atoms with Crippen molar-refractivity contribution in [3.8, 4) is 17.6 Å². The number of carboxylic acid groups (broad SMARTS) is 1. The fourth-order valence-electron chi connectivity index (χ4n) is 2.92. The number of para-hydroxylation sites is 1. The van der Waals surface area contributed by atoms with Crippen molar-refractivity contribution < 1.29 is 19.4 Å². The number of aromatic carboxylic acids is 1. The van der Waals surface area contributed by atoms with Crippen molar-refractivity contribution in [2.75, 3.05) is 7.11 Å². The van der Waals surface area contributed by atoms with Crippen LogP contribution in [-0.2, 0) is 6.61 Å². The van der Waals surface area contributed by atoms with Gasteiger partial charge < -0.3 is 14.6 Å². The highest BCUT2D eigenvalue weighted by molar-refractivity contribution is 6.32. The molecule has 0 spiro atoms. The van der Waals surface area contributed by atoms with Crippen LogP contribution in [0, 0.1) is 11.3 Å². The maximum absolute atomic E-state index is 11.2. The molecule has 0 amide bonds. The molecule has 5 nitrogen and oxygen atoms in total. The first-order chi connectivity index (χ1) is 14.5. The normalized spacial score (nSPS) is 10.9. The van der Waals surface area contributed by atoms with E-state index < -0.39 is 5.97 Å². The lowest BCUT2D eigenvalue weighted by Gasteiger charge is -2.14. The van der Waals surface area contributed by atoms with Gasteiger partial charge in [-0.3, -0.25) is 0 Å². The third kappa shape index (κ3) is 4.80. The molecule has 0 aliphatic heterocycles. The summed E-state index contributed by atoms with van der Waals surface area (Å²) >= 11 is 6.25. The molecule has 30 heavy (non-hydrogen) atoms. The van der Waals surface area contributed by atoms with Crippen LogP contribution in [0.2, 0.25) is 5.02 Å². The number of rotatable bonds is 7. The lowest BCUT2D eigenvalue weighted by Crippen LogP contribution is -2.02. The standard InChI is InChI=1S/C24H18ClNO4/c1-29-22-11-5-7-17(13-19(14-26)20-9-2-3-10-21(20)25)23(22)30-15-16-6-4-8-18(12-16)24(27)28/h2-13H,15H2,1H3,(H,27,28). The molecule has 0 saturated carbocycles. The summed E-state index contributed by atoms with van der Waals surface area (Å²) in [6.07, 6.45) is 1.69. The molecule has 0 unspecified atom stereocenters. The van der Waals surface area contributed by atoms with Gasteiger partial charge in [-0.1, -0.05) is 54.1 Å². The van der Waals surface area contributed by atoms with Crippen molar-refractivity contribution in [1.29, 1.82) is 5.26 Å². The molecule has 0 atom stereocenters. The van der Waals surface area contributed by atoms with Gasteiger partial charge in [-0.05, 0) is 35.9 Å². The summed E-state index contributed by atoms with van der Waals surface area (Å²) in [6, 6.07) is 21.2. The molecule has 0 fully saturated rings. The van der Waals surface area contributed by atoms with Gasteiger partial charge in [-0.2, -0.15) is 5.26 Å². The molecule has 0 bridgehead atoms. The number of carboxylic acids is 1. The smallest absolute Gasteiger partial charge is 0.335 e. The zero-order chi connectivity index (χ0) is 21.5. The zero-order valence-corrected chi connectivity index (χ0v) is 16.9. The lowest BCUT2D eigenvalue weighted by molar-refractivity contribution is 0.0696. The Balaban J connectivity index is 1.97. The monoisotopic (exact) mass is 419 g/mol. The van der Waals surface area contributed by atoms with Gasteiger partial charge in [-0.15, -0.1) is 0 Å². The van der Waals surface area contributed by atoms with Crippen molar-refractivity contribution in [2.24, 2.45) is 0 Å². The van der Waals surface area contributed by atoms with Gasteiger partial charge in [0.05, 0.1) is 24.3 Å². The Bertz CT molecular complexity index is 1150. The lowest BCUT2D eigenvalue weighted by atomic mass is 10.0. The Morgan fingerprint density at radius 3 is 2.60 bits per heavy atom. The summed E-state index contributed by atoms with van der Waals surface area (Å²) in [4.78, 5) is 11.2. The van der Waals surface area contributed by atoms with Crippen molar-refractivity contribution in [3.05, 3.63) is 94.0 Å². The average molecular weight is 420 g/mol. The number of methoxy groups -OCH3 is 1. The highest BCUT2D eigenvalue weighted by atomic mass is 35.5. The third-order valence-electron chi connectivity index (χ3n) is 4.37. The second kappa shape index (κ2) is 9.64. The van der Waals surface area contributed by atoms with Crippen molar-refractivity contribution in [2.45, 2.75) is 6.61 Å². The van der Waals surface area contributed by atoms with Crippen molar-refractivity contribution in [3.63, 3.8) is 0 Å². The van der Waals surface area contributed by atoms with Crippen LogP contribution in [0.1, 0.15) is 27.0 Å². The predicted molar refractivity (Wildman–Crippen MR) is 116 cm³/mol. The zero-order valence-electron chi connectivity index (χ0n) is 16.1. The van der Waals surface area contributed by atoms with Crippen LogP contribution in [0.15, 0.2) is 66.7 Å². The molecule has 0 aliphatic rings. The Labute approximate surface area is 179 Å². The Kier molecular flexibility index (Phi) is 6.74. The van der Waals surface area contributed by atoms with Gasteiger partial charge in [0.15, 0.2) is 11.5 Å². The van der Waals surface area contributed by atoms with Crippen LogP contribution in [0.3, 0.4) is 0 Å². The van der Waals surface area contributed by atoms with E-state index in [-0.39, 0.29) is 12.2 Å². The molecular weight excluding hydrogens is 402 g/mol. The number of benzene rings is 3. The highest BCUT2D eigenvalue weighted by Gasteiger charge is 2.13. The molecule has 1 N–H and O–H groups in total. The highest BCUT2D eigenvalue weighted by Crippen LogP contribution is 2.35. The van der Waals surface area contributed by atoms with E-state index >= 15 is 0 Å². The minimum Gasteiger partial charge on any atom is -0.493 e. The average Bonchev–Trinajstić information content (AvgIpc) is 2.77. The topological polar surface area (TPSA) is 79.5 Å². The number of halogens is 1. The van der Waals surface area contributed by atoms with Crippen LogP contribution in [0.4, 0.5) is 0 Å². The van der Waals surface area contributed by atoms with E-state index in [0.717, 1.165) is 0 Å². The molecule has 3 rings (SSSR count). The number of hydrogen-bond donors (Lipinski definition) is 1. The van der Waals surface area contributed by atoms with E-state index in [9.17, 15) is 10.1 Å². The summed E-state index contributed by atoms with van der Waals surface area (Å²) in [7, 11) is 1.53. The quantitative estimate of drug-likeness (QED) is 0.393. The first-order valence-corrected chi connectivity index (χ1v) is 9.40. The number of allylic oxidation sites excluding steroid dienone is 1. The van der Waals surface area contributed by atoms with E-state index in [0.29, 0.717) is 38.8 Å². The number of carbonyl (C=O) groups is 1. The molecule has 3 aromatic carbocycles. The van der Waals surface area contributed by atoms with Gasteiger partial charge in [0.1, 0.15) is 6.61 Å². The maximum atomic E-state index is 11.2. The molecule has 0 saturated heterocycles. The third-order valence-corrected chi connectivity index (χ3v) is 4.70. The first-order valence-electron chi connectivity index (χ1n) is 9.02. The molecule has 150 valence electrons. The van der Waals surface area contributed by atoms with E-state index in [2.05, 4.69) is 6.07 Å². The summed E-state index contributed by atoms with van der Waals surface area (Å²) in [6.45, 7) is 0.135. The second-order valence-corrected chi connectivity index (χ2v) is 6.73. The SMILES string of the molecule is COc1cccc(C=C(C#N)c2ccccc2Cl)c1OCc1cccc(C(=O)O)c1. The number of ether oxygens (including phenoxy) is 2. The molecule has 0 radical (unpaired) electrons. The fraction of sp³-hybridized carbons (Fsp3) is 0.0833. The van der Waals surface area contributed by atoms with Gasteiger partial charge in [0, 0.05) is 16.1 Å². The molecule has 0 aliphatic carbocycles. The Hall–Kier alpha value is -3.75. The minimum atomic E-state index is -1.00. The van der Waals surface area contributed by atoms with E-state index in [1.54, 1.807) is 60.7 Å². The minimum absolute atomic E-state index is 0.135. The van der Waals surface area contributed by atoms with Gasteiger partial charge in [-0.25, -0.2) is 4.79 Å². The maximum Gasteiger partial charge on any atom is 0.335 e. The Morgan fingerprint density at radius 2 is 1.90 bits per heavy atom. The van der Waals surface area contributed by atoms with Crippen LogP contribution in [0.25, 0.3) is 11.6 Å². The Morgan fingerprint density at radius 1 is 1.13 bits per heavy atom. The van der Waals surface area contributed by atoms with Gasteiger partial charge in [0.2, 0.25) is 0 Å². The summed E-state index contributed by atoms with van der Waals surface area (Å²) < 4.78 is 11.4. The number of nitriles is 1. The predicted octanol–water partition coefficient (Wildman–Crippen LogP) is 5.69. The summed E-state index contributed by atoms with van der Waals surface area (Å²) in [5, 5.41) is 19.3. The first kappa shape index (κ1) is 21.0. The molecule has 0 heterocycles. The van der Waals surface area contributed by atoms with Crippen molar-refractivity contribution in [1.82, 2.24) is 0 Å². The van der Waals surface area contributed by atoms with E-state index in [1.165, 1.54) is 13.2 Å². The largest absolute Gasteiger partial charge is 0.493 e. The number of hydrogen-bond acceptors (Lipinski definition) is 4. The molecule has 6 heteroatoms. The second-order valence-electron chi connectivity index (χ2n) is 6.32. The summed E-state index contributed by atoms with van der Waals surface area (Å²) in [5.74, 6) is -0.0636. The van der Waals surface area contributed by atoms with Gasteiger partial charge in [0.25, 0.3) is 0 Å². The van der Waals surface area contributed by atoms with Gasteiger partial charge >= 0.3 is 5.97 Å². The number of nitrogens with zero attached hydrogens (tertiary/aromatic N) is 1. The fourth-order valence-corrected chi connectivity index (χ4v) is 3.15. The molecule has 3 aromatic rings. The van der Waals surface area contributed by atoms with E-state index in [1.807, 2.05) is 6.07 Å². The van der Waals surface area contributed by atoms with Crippen LogP contribution >= 0.6 is 11.6 Å². The summed E-state index contributed by atoms with van der Waals surface area (Å²) in [5.41, 5.74) is 2.51. The van der Waals surface area contributed by atoms with Crippen LogP contribution < -0.4 is 9.47 Å². The molecular formula is C24H18ClNO4. The molecule has 0 aromatic heterocycles.